The van der Waals surface area contributed by atoms with E-state index in [0.717, 1.165) is 6.61 Å². The summed E-state index contributed by atoms with van der Waals surface area (Å²) in [6.07, 6.45) is -1.53. The van der Waals surface area contributed by atoms with Gasteiger partial charge in [-0.05, 0) is 12.5 Å². The third kappa shape index (κ3) is 2.03. The smallest absolute Gasteiger partial charge is 0.541 e. The maximum absolute atomic E-state index is 9.34. The molecule has 1 aliphatic heterocycles. The second kappa shape index (κ2) is 4.94. The Balaban J connectivity index is 0.00000121. The molecular weight excluding hydrogens is 386 g/mol. The normalized spacial score (nSPS) is 41.0. The molecule has 0 spiro atoms. The summed E-state index contributed by atoms with van der Waals surface area (Å²) < 4.78 is 4.99. The van der Waals surface area contributed by atoms with E-state index in [0.29, 0.717) is 6.42 Å². The summed E-state index contributed by atoms with van der Waals surface area (Å²) in [5.41, 5.74) is -0.987. The Hall–Kier alpha value is 0.892. The van der Waals surface area contributed by atoms with Crippen LogP contribution in [-0.2, 0) is 4.74 Å². The predicted molar refractivity (Wildman–Crippen MR) is 37.5 cm³/mol. The van der Waals surface area contributed by atoms with Crippen LogP contribution in [0.5, 0.6) is 0 Å². The van der Waals surface area contributed by atoms with Crippen LogP contribution in [0.15, 0.2) is 0 Å². The minimum absolute atomic E-state index is 0. The maximum atomic E-state index is 9.34. The van der Waals surface area contributed by atoms with Crippen LogP contribution in [0.1, 0.15) is 13.3 Å². The van der Waals surface area contributed by atoms with Crippen molar-refractivity contribution in [3.05, 3.63) is 6.61 Å². The van der Waals surface area contributed by atoms with Crippen LogP contribution in [0.3, 0.4) is 0 Å². The van der Waals surface area contributed by atoms with Crippen molar-refractivity contribution in [1.82, 2.24) is 0 Å². The molecule has 0 aromatic carbocycles. The zero-order chi connectivity index (χ0) is 8.48. The summed E-state index contributed by atoms with van der Waals surface area (Å²) in [6, 6.07) is 0. The Morgan fingerprint density at radius 1 is 1.50 bits per heavy atom. The molecule has 0 aliphatic carbocycles. The van der Waals surface area contributed by atoms with E-state index in [1.165, 1.54) is 0 Å². The summed E-state index contributed by atoms with van der Waals surface area (Å²) in [4.78, 5) is 0. The third-order valence-electron chi connectivity index (χ3n) is 2.17. The first kappa shape index (κ1) is 12.9. The standard InChI is InChI=1S/C7H13O4.U/c1-2-7(4-8)6(10)5(9)3-11-7;/h3,5-6,8-10H,2,4H2,1H3;/q-1;+2. The Morgan fingerprint density at radius 2 is 2.08 bits per heavy atom. The molecule has 1 rings (SSSR count). The van der Waals surface area contributed by atoms with Gasteiger partial charge in [0.25, 0.3) is 0 Å². The van der Waals surface area contributed by atoms with E-state index in [2.05, 4.69) is 0 Å². The van der Waals surface area contributed by atoms with Crippen molar-refractivity contribution in [2.75, 3.05) is 6.61 Å². The summed E-state index contributed by atoms with van der Waals surface area (Å²) in [6.45, 7) is 2.66. The number of rotatable bonds is 2. The van der Waals surface area contributed by atoms with E-state index in [9.17, 15) is 5.11 Å². The zero-order valence-electron chi connectivity index (χ0n) is 6.90. The van der Waals surface area contributed by atoms with E-state index >= 15 is 0 Å². The molecule has 1 fully saturated rings. The van der Waals surface area contributed by atoms with Crippen LogP contribution in [0.25, 0.3) is 0 Å². The van der Waals surface area contributed by atoms with Crippen LogP contribution in [0.2, 0.25) is 0 Å². The van der Waals surface area contributed by atoms with Crippen molar-refractivity contribution >= 4 is 0 Å². The number of hydrogen-bond donors (Lipinski definition) is 3. The first-order valence-electron chi connectivity index (χ1n) is 3.64. The first-order chi connectivity index (χ1) is 5.16. The van der Waals surface area contributed by atoms with E-state index in [1.807, 2.05) is 0 Å². The van der Waals surface area contributed by atoms with Gasteiger partial charge in [-0.25, -0.2) is 0 Å². The average Bonchev–Trinajstić information content (AvgIpc) is 2.32. The molecule has 1 aliphatic rings. The Labute approximate surface area is 95.3 Å². The monoisotopic (exact) mass is 399 g/mol. The molecule has 1 saturated heterocycles. The van der Waals surface area contributed by atoms with E-state index in [4.69, 9.17) is 14.9 Å². The van der Waals surface area contributed by atoms with Gasteiger partial charge in [0.2, 0.25) is 0 Å². The van der Waals surface area contributed by atoms with Crippen LogP contribution >= 0.6 is 0 Å². The summed E-state index contributed by atoms with van der Waals surface area (Å²) in [5.74, 6) is 0. The van der Waals surface area contributed by atoms with Crippen molar-refractivity contribution in [2.45, 2.75) is 31.2 Å². The van der Waals surface area contributed by atoms with Gasteiger partial charge < -0.3 is 20.1 Å². The molecule has 68 valence electrons. The van der Waals surface area contributed by atoms with Gasteiger partial charge in [-0.3, -0.25) is 0 Å². The molecule has 0 radical (unpaired) electrons. The fraction of sp³-hybridized carbons (Fsp3) is 0.857. The van der Waals surface area contributed by atoms with Crippen molar-refractivity contribution in [3.63, 3.8) is 0 Å². The maximum Gasteiger partial charge on any atom is 2.00 e. The van der Waals surface area contributed by atoms with E-state index in [-0.39, 0.29) is 37.7 Å². The predicted octanol–water partition coefficient (Wildman–Crippen LogP) is -0.959. The molecule has 12 heavy (non-hydrogen) atoms. The quantitative estimate of drug-likeness (QED) is 0.524. The number of ether oxygens (including phenoxy) is 1. The molecule has 0 amide bonds. The van der Waals surface area contributed by atoms with Gasteiger partial charge in [-0.2, -0.15) is 6.61 Å². The third-order valence-corrected chi connectivity index (χ3v) is 2.17. The SMILES string of the molecule is CCC1(CO)O[CH-]C(O)C1O.[U+2]. The van der Waals surface area contributed by atoms with Gasteiger partial charge in [0, 0.05) is 0 Å². The van der Waals surface area contributed by atoms with Crippen molar-refractivity contribution in [3.8, 4) is 0 Å². The number of hydrogen-bond acceptors (Lipinski definition) is 4. The zero-order valence-corrected chi connectivity index (χ0v) is 11.1. The molecular formula is C7H13O4U+. The molecule has 1 heterocycles. The average molecular weight is 399 g/mol. The summed E-state index contributed by atoms with van der Waals surface area (Å²) >= 11 is 0. The van der Waals surface area contributed by atoms with Crippen molar-refractivity contribution in [1.29, 1.82) is 0 Å². The molecule has 0 aromatic heterocycles. The van der Waals surface area contributed by atoms with Gasteiger partial charge in [-0.1, -0.05) is 6.92 Å². The minimum Gasteiger partial charge on any atom is -0.541 e. The van der Waals surface area contributed by atoms with Gasteiger partial charge in [0.05, 0.1) is 18.3 Å². The summed E-state index contributed by atoms with van der Waals surface area (Å²) in [7, 11) is 0. The fourth-order valence-corrected chi connectivity index (χ4v) is 1.20. The largest absolute Gasteiger partial charge is 2.00 e. The molecule has 0 saturated carbocycles. The number of aliphatic hydroxyl groups is 3. The van der Waals surface area contributed by atoms with Crippen LogP contribution in [-0.4, -0.2) is 39.7 Å². The van der Waals surface area contributed by atoms with Gasteiger partial charge in [0.1, 0.15) is 0 Å². The second-order valence-corrected chi connectivity index (χ2v) is 2.77. The second-order valence-electron chi connectivity index (χ2n) is 2.77. The topological polar surface area (TPSA) is 69.9 Å². The fourth-order valence-electron chi connectivity index (χ4n) is 1.20. The van der Waals surface area contributed by atoms with Gasteiger partial charge in [0.15, 0.2) is 0 Å². The molecule has 3 N–H and O–H groups in total. The Bertz CT molecular complexity index is 137. The molecule has 0 aromatic rings. The van der Waals surface area contributed by atoms with Crippen LogP contribution < -0.4 is 0 Å². The van der Waals surface area contributed by atoms with Gasteiger partial charge in [-0.15, -0.1) is 0 Å². The first-order valence-corrected chi connectivity index (χ1v) is 3.64. The molecule has 3 unspecified atom stereocenters. The van der Waals surface area contributed by atoms with Crippen molar-refractivity contribution in [2.24, 2.45) is 0 Å². The number of aliphatic hydroxyl groups excluding tert-OH is 3. The molecule has 4 nitrogen and oxygen atoms in total. The molecule has 0 bridgehead atoms. The van der Waals surface area contributed by atoms with Crippen LogP contribution in [0.4, 0.5) is 0 Å². The van der Waals surface area contributed by atoms with Crippen LogP contribution in [0, 0.1) is 37.7 Å². The van der Waals surface area contributed by atoms with E-state index < -0.39 is 17.8 Å². The van der Waals surface area contributed by atoms with Crippen molar-refractivity contribution < 1.29 is 51.2 Å². The molecule has 5 heteroatoms. The van der Waals surface area contributed by atoms with E-state index in [1.54, 1.807) is 6.92 Å². The molecule has 3 atom stereocenters. The Morgan fingerprint density at radius 3 is 2.25 bits per heavy atom. The summed E-state index contributed by atoms with van der Waals surface area (Å²) in [5, 5.41) is 27.3. The minimum atomic E-state index is -1.02. The Kier molecular flexibility index (Phi) is 5.31. The van der Waals surface area contributed by atoms with Gasteiger partial charge >= 0.3 is 31.1 Å².